The molecule has 0 heterocycles. The summed E-state index contributed by atoms with van der Waals surface area (Å²) in [6.45, 7) is 0. The Morgan fingerprint density at radius 2 is 1.71 bits per heavy atom. The molecule has 1 N–H and O–H groups in total. The molecule has 2 nitrogen and oxygen atoms in total. The summed E-state index contributed by atoms with van der Waals surface area (Å²) in [4.78, 5) is 1.45. The Kier molecular flexibility index (Phi) is 6.60. The Labute approximate surface area is 61.3 Å². The van der Waals surface area contributed by atoms with Crippen molar-refractivity contribution in [1.29, 1.82) is 0 Å². The summed E-state index contributed by atoms with van der Waals surface area (Å²) < 4.78 is 0. The van der Waals surface area contributed by atoms with Gasteiger partial charge in [-0.3, -0.25) is 0 Å². The second kappa shape index (κ2) is 4.47. The Bertz CT molecular complexity index is 66.0. The average Bonchev–Trinajstić information content (AvgIpc) is 1.36. The number of aliphatic hydroxyl groups excluding tert-OH is 1. The largest absolute Gasteiger partial charge is 0.487 e. The summed E-state index contributed by atoms with van der Waals surface area (Å²) in [7, 11) is 3.37. The predicted octanol–water partition coefficient (Wildman–Crippen LogP) is 0.388. The van der Waals surface area contributed by atoms with Crippen molar-refractivity contribution in [2.24, 2.45) is 0 Å². The molecule has 0 saturated heterocycles. The Balaban J connectivity index is 0. The molecule has 0 amide bonds. The van der Waals surface area contributed by atoms with Crippen LogP contribution in [0.2, 0.25) is 0 Å². The fourth-order valence-corrected chi connectivity index (χ4v) is 0. The van der Waals surface area contributed by atoms with Gasteiger partial charge >= 0.3 is 0 Å². The van der Waals surface area contributed by atoms with Gasteiger partial charge in [-0.25, -0.2) is 0 Å². The first kappa shape index (κ1) is 10.3. The molecule has 0 aliphatic carbocycles. The molecule has 0 aromatic rings. The molecule has 0 fully saturated rings. The molecule has 0 unspecified atom stereocenters. The summed E-state index contributed by atoms with van der Waals surface area (Å²) in [5.74, 6) is 0. The predicted molar refractivity (Wildman–Crippen MR) is 28.9 cm³/mol. The molecule has 0 spiro atoms. The van der Waals surface area contributed by atoms with Crippen LogP contribution < -0.4 is 0 Å². The van der Waals surface area contributed by atoms with Crippen molar-refractivity contribution in [2.75, 3.05) is 14.1 Å². The molecule has 0 bridgehead atoms. The van der Waals surface area contributed by atoms with Gasteiger partial charge in [-0.15, -0.1) is 0 Å². The third-order valence-electron chi connectivity index (χ3n) is 0.383. The molecule has 0 aliphatic heterocycles. The van der Waals surface area contributed by atoms with E-state index in [4.69, 9.17) is 5.11 Å². The fourth-order valence-electron chi connectivity index (χ4n) is 0. The van der Waals surface area contributed by atoms with E-state index in [0.29, 0.717) is 0 Å². The van der Waals surface area contributed by atoms with E-state index < -0.39 is 0 Å². The van der Waals surface area contributed by atoms with Crippen molar-refractivity contribution < 1.29 is 24.6 Å². The molecule has 0 aromatic carbocycles. The van der Waals surface area contributed by atoms with Crippen molar-refractivity contribution in [3.8, 4) is 0 Å². The van der Waals surface area contributed by atoms with Crippen LogP contribution in [-0.4, -0.2) is 29.3 Å². The molecule has 4 heteroatoms. The van der Waals surface area contributed by atoms with Crippen LogP contribution >= 0.6 is 12.2 Å². The molecule has 0 aliphatic rings. The summed E-state index contributed by atoms with van der Waals surface area (Å²) in [5.41, 5.74) is 0. The number of rotatable bonds is 0. The van der Waals surface area contributed by atoms with Crippen molar-refractivity contribution >= 4 is 17.4 Å². The van der Waals surface area contributed by atoms with E-state index in [0.717, 1.165) is 0 Å². The van der Waals surface area contributed by atoms with Gasteiger partial charge in [0, 0.05) is 33.6 Å². The summed E-state index contributed by atoms with van der Waals surface area (Å²) in [5, 5.41) is 8.21. The van der Waals surface area contributed by atoms with Crippen molar-refractivity contribution in [3.63, 3.8) is 0 Å². The van der Waals surface area contributed by atoms with Crippen LogP contribution in [0.4, 0.5) is 0 Å². The first-order chi connectivity index (χ1) is 2.64. The third kappa shape index (κ3) is 6.31. The van der Waals surface area contributed by atoms with Crippen LogP contribution in [0.15, 0.2) is 0 Å². The fraction of sp³-hybridized carbons (Fsp3) is 0.667. The summed E-state index contributed by atoms with van der Waals surface area (Å²) in [6, 6.07) is 0. The van der Waals surface area contributed by atoms with Gasteiger partial charge in [0.2, 0.25) is 0 Å². The van der Waals surface area contributed by atoms with E-state index >= 15 is 0 Å². The van der Waals surface area contributed by atoms with Gasteiger partial charge in [0.15, 0.2) is 0 Å². The number of nitrogens with zero attached hydrogens (tertiary/aromatic N) is 1. The third-order valence-corrected chi connectivity index (χ3v) is 0.748. The topological polar surface area (TPSA) is 23.5 Å². The van der Waals surface area contributed by atoms with Gasteiger partial charge in [0.25, 0.3) is 5.17 Å². The van der Waals surface area contributed by atoms with Crippen molar-refractivity contribution in [3.05, 3.63) is 0 Å². The van der Waals surface area contributed by atoms with Gasteiger partial charge in [0.05, 0.1) is 0 Å². The maximum absolute atomic E-state index is 8.29. The van der Waals surface area contributed by atoms with Gasteiger partial charge in [-0.2, -0.15) is 0 Å². The van der Waals surface area contributed by atoms with Crippen LogP contribution in [0.3, 0.4) is 0 Å². The average molecular weight is 171 g/mol. The zero-order chi connectivity index (χ0) is 5.15. The van der Waals surface area contributed by atoms with E-state index in [-0.39, 0.29) is 24.7 Å². The van der Waals surface area contributed by atoms with Crippen molar-refractivity contribution in [1.82, 2.24) is 4.90 Å². The second-order valence-corrected chi connectivity index (χ2v) is 1.54. The SMILES string of the molecule is CN(C)C(O)=S.[Zn]. The number of hydrogen-bond acceptors (Lipinski definition) is 1. The number of aliphatic hydroxyl groups is 1. The van der Waals surface area contributed by atoms with Crippen LogP contribution in [0.5, 0.6) is 0 Å². The quantitative estimate of drug-likeness (QED) is 0.420. The van der Waals surface area contributed by atoms with E-state index in [2.05, 4.69) is 12.2 Å². The van der Waals surface area contributed by atoms with E-state index in [1.54, 1.807) is 14.1 Å². The van der Waals surface area contributed by atoms with Crippen LogP contribution in [0.25, 0.3) is 0 Å². The first-order valence-electron chi connectivity index (χ1n) is 1.55. The molecule has 0 atom stereocenters. The van der Waals surface area contributed by atoms with Gasteiger partial charge < -0.3 is 10.0 Å². The van der Waals surface area contributed by atoms with Crippen LogP contribution in [0, 0.1) is 0 Å². The van der Waals surface area contributed by atoms with Gasteiger partial charge in [-0.1, -0.05) is 0 Å². The van der Waals surface area contributed by atoms with Crippen molar-refractivity contribution in [2.45, 2.75) is 0 Å². The molecular weight excluding hydrogens is 163 g/mol. The minimum atomic E-state index is -0.0741. The summed E-state index contributed by atoms with van der Waals surface area (Å²) >= 11 is 4.30. The minimum absolute atomic E-state index is 0. The molecule has 0 rings (SSSR count). The molecule has 0 radical (unpaired) electrons. The van der Waals surface area contributed by atoms with E-state index in [9.17, 15) is 0 Å². The maximum atomic E-state index is 8.29. The standard InChI is InChI=1S/C3H7NOS.Zn/c1-4(2)3(5)6;/h1-2H3,(H,5,6);. The minimum Gasteiger partial charge on any atom is -0.487 e. The van der Waals surface area contributed by atoms with E-state index in [1.165, 1.54) is 4.90 Å². The smallest absolute Gasteiger partial charge is 0.256 e. The number of hydrogen-bond donors (Lipinski definition) is 1. The Hall–Kier alpha value is 0.313. The monoisotopic (exact) mass is 169 g/mol. The molecule has 0 saturated carbocycles. The first-order valence-corrected chi connectivity index (χ1v) is 1.95. The molecule has 7 heavy (non-hydrogen) atoms. The Morgan fingerprint density at radius 1 is 1.57 bits per heavy atom. The maximum Gasteiger partial charge on any atom is 0.256 e. The molecular formula is C3H7NOSZn. The Morgan fingerprint density at radius 3 is 1.71 bits per heavy atom. The van der Waals surface area contributed by atoms with Gasteiger partial charge in [-0.05, 0) is 12.2 Å². The van der Waals surface area contributed by atoms with E-state index in [1.807, 2.05) is 0 Å². The number of thiocarbonyl (C=S) groups is 1. The summed E-state index contributed by atoms with van der Waals surface area (Å²) in [6.07, 6.45) is 0. The zero-order valence-corrected chi connectivity index (χ0v) is 8.29. The zero-order valence-electron chi connectivity index (χ0n) is 4.51. The van der Waals surface area contributed by atoms with Crippen LogP contribution in [0.1, 0.15) is 0 Å². The second-order valence-electron chi connectivity index (χ2n) is 1.18. The van der Waals surface area contributed by atoms with Gasteiger partial charge in [0.1, 0.15) is 0 Å². The molecule has 38 valence electrons. The normalized spacial score (nSPS) is 6.57. The molecule has 0 aromatic heterocycles. The van der Waals surface area contributed by atoms with Crippen LogP contribution in [-0.2, 0) is 19.5 Å².